The predicted octanol–water partition coefficient (Wildman–Crippen LogP) is 2.93. The van der Waals surface area contributed by atoms with E-state index in [2.05, 4.69) is 34.8 Å². The summed E-state index contributed by atoms with van der Waals surface area (Å²) in [6.45, 7) is 2.39. The fraction of sp³-hybridized carbons (Fsp3) is 0.421. The molecule has 1 saturated heterocycles. The summed E-state index contributed by atoms with van der Waals surface area (Å²) in [6.07, 6.45) is -1.10. The van der Waals surface area contributed by atoms with Crippen LogP contribution in [0.15, 0.2) is 47.7 Å². The molecular weight excluding hydrogens is 512 g/mol. The molecule has 3 rings (SSSR count). The molecule has 3 heterocycles. The molecule has 0 saturated carbocycles. The van der Waals surface area contributed by atoms with Gasteiger partial charge in [0.25, 0.3) is 0 Å². The fourth-order valence-electron chi connectivity index (χ4n) is 2.96. The largest absolute Gasteiger partial charge is 0.468 e. The zero-order valence-corrected chi connectivity index (χ0v) is 18.8. The molecule has 0 aromatic carbocycles. The summed E-state index contributed by atoms with van der Waals surface area (Å²) in [5.41, 5.74) is 0.817. The van der Waals surface area contributed by atoms with Crippen molar-refractivity contribution in [2.45, 2.75) is 12.7 Å². The Morgan fingerprint density at radius 1 is 1.13 bits per heavy atom. The summed E-state index contributed by atoms with van der Waals surface area (Å²) in [5, 5.41) is 3.27. The van der Waals surface area contributed by atoms with Crippen molar-refractivity contribution in [3.8, 4) is 5.88 Å². The summed E-state index contributed by atoms with van der Waals surface area (Å²) in [6, 6.07) is 8.98. The van der Waals surface area contributed by atoms with Gasteiger partial charge in [-0.2, -0.15) is 13.2 Å². The van der Waals surface area contributed by atoms with E-state index < -0.39 is 12.8 Å². The number of guanidine groups is 1. The first-order valence-corrected chi connectivity index (χ1v) is 9.20. The number of aromatic nitrogens is 2. The van der Waals surface area contributed by atoms with Crippen LogP contribution in [0, 0.1) is 0 Å². The van der Waals surface area contributed by atoms with Gasteiger partial charge in [-0.1, -0.05) is 12.1 Å². The van der Waals surface area contributed by atoms with Crippen LogP contribution in [0.2, 0.25) is 0 Å². The van der Waals surface area contributed by atoms with E-state index in [1.165, 1.54) is 12.3 Å². The second-order valence-electron chi connectivity index (χ2n) is 6.47. The van der Waals surface area contributed by atoms with E-state index in [0.717, 1.165) is 43.5 Å². The van der Waals surface area contributed by atoms with Crippen molar-refractivity contribution in [1.29, 1.82) is 0 Å². The second kappa shape index (κ2) is 11.2. The predicted molar refractivity (Wildman–Crippen MR) is 119 cm³/mol. The maximum atomic E-state index is 12.2. The number of ether oxygens (including phenoxy) is 1. The maximum Gasteiger partial charge on any atom is 0.422 e. The van der Waals surface area contributed by atoms with Crippen molar-refractivity contribution in [3.63, 3.8) is 0 Å². The van der Waals surface area contributed by atoms with E-state index in [0.29, 0.717) is 6.54 Å². The zero-order valence-electron chi connectivity index (χ0n) is 16.5. The number of halogens is 4. The highest BCUT2D eigenvalue weighted by Gasteiger charge is 2.28. The van der Waals surface area contributed by atoms with Gasteiger partial charge in [0.15, 0.2) is 12.6 Å². The second-order valence-corrected chi connectivity index (χ2v) is 6.47. The minimum absolute atomic E-state index is 0. The summed E-state index contributed by atoms with van der Waals surface area (Å²) >= 11 is 0. The van der Waals surface area contributed by atoms with Gasteiger partial charge in [-0.25, -0.2) is 9.97 Å². The van der Waals surface area contributed by atoms with Gasteiger partial charge in [0.2, 0.25) is 5.88 Å². The van der Waals surface area contributed by atoms with Gasteiger partial charge in [-0.3, -0.25) is 4.99 Å². The number of alkyl halides is 3. The molecule has 164 valence electrons. The van der Waals surface area contributed by atoms with Crippen LogP contribution in [-0.2, 0) is 6.54 Å². The minimum atomic E-state index is -4.38. The van der Waals surface area contributed by atoms with Gasteiger partial charge in [0, 0.05) is 58.2 Å². The molecule has 1 aliphatic rings. The van der Waals surface area contributed by atoms with Crippen LogP contribution in [0.25, 0.3) is 0 Å². The number of piperazine rings is 1. The van der Waals surface area contributed by atoms with Crippen molar-refractivity contribution in [2.24, 2.45) is 4.99 Å². The first kappa shape index (κ1) is 24.0. The van der Waals surface area contributed by atoms with Crippen LogP contribution in [0.5, 0.6) is 5.88 Å². The number of aliphatic imine (C=N–C) groups is 1. The van der Waals surface area contributed by atoms with Crippen molar-refractivity contribution in [1.82, 2.24) is 20.2 Å². The number of nitrogens with one attached hydrogen (secondary N) is 1. The molecule has 0 spiro atoms. The summed E-state index contributed by atoms with van der Waals surface area (Å²) < 4.78 is 41.2. The lowest BCUT2D eigenvalue weighted by Crippen LogP contribution is -2.52. The summed E-state index contributed by atoms with van der Waals surface area (Å²) in [4.78, 5) is 17.0. The molecule has 0 unspecified atom stereocenters. The molecule has 2 aromatic rings. The maximum absolute atomic E-state index is 12.2. The van der Waals surface area contributed by atoms with Gasteiger partial charge < -0.3 is 19.9 Å². The number of hydrogen-bond acceptors (Lipinski definition) is 5. The molecule has 1 fully saturated rings. The van der Waals surface area contributed by atoms with Crippen molar-refractivity contribution in [3.05, 3.63) is 48.3 Å². The molecule has 1 N–H and O–H groups in total. The minimum Gasteiger partial charge on any atom is -0.468 e. The fourth-order valence-corrected chi connectivity index (χ4v) is 2.96. The standard InChI is InChI=1S/C19H23F3N6O.HI/c1-23-18(28-10-8-27(9-11-28)16-4-2-3-7-24-16)26-13-15-5-6-17(25-12-15)29-14-19(20,21)22;/h2-7,12H,8-11,13-14H2,1H3,(H,23,26);1H. The number of rotatable bonds is 5. The highest BCUT2D eigenvalue weighted by molar-refractivity contribution is 14.0. The highest BCUT2D eigenvalue weighted by Crippen LogP contribution is 2.17. The Morgan fingerprint density at radius 2 is 1.90 bits per heavy atom. The molecule has 2 aromatic heterocycles. The van der Waals surface area contributed by atoms with Gasteiger partial charge in [-0.15, -0.1) is 24.0 Å². The van der Waals surface area contributed by atoms with Gasteiger partial charge in [0.05, 0.1) is 0 Å². The Bertz CT molecular complexity index is 796. The van der Waals surface area contributed by atoms with E-state index in [9.17, 15) is 13.2 Å². The third kappa shape index (κ3) is 7.18. The number of hydrogen-bond donors (Lipinski definition) is 1. The highest BCUT2D eigenvalue weighted by atomic mass is 127. The molecule has 0 bridgehead atoms. The van der Waals surface area contributed by atoms with Crippen LogP contribution in [0.3, 0.4) is 0 Å². The topological polar surface area (TPSA) is 65.9 Å². The Kier molecular flexibility index (Phi) is 8.93. The van der Waals surface area contributed by atoms with E-state index in [4.69, 9.17) is 0 Å². The average molecular weight is 536 g/mol. The molecule has 0 amide bonds. The molecule has 0 radical (unpaired) electrons. The smallest absolute Gasteiger partial charge is 0.422 e. The lowest BCUT2D eigenvalue weighted by Gasteiger charge is -2.37. The van der Waals surface area contributed by atoms with Gasteiger partial charge >= 0.3 is 6.18 Å². The summed E-state index contributed by atoms with van der Waals surface area (Å²) in [7, 11) is 1.72. The van der Waals surface area contributed by atoms with Crippen LogP contribution in [0.1, 0.15) is 5.56 Å². The lowest BCUT2D eigenvalue weighted by molar-refractivity contribution is -0.154. The molecule has 0 aliphatic carbocycles. The van der Waals surface area contributed by atoms with E-state index in [-0.39, 0.29) is 29.9 Å². The van der Waals surface area contributed by atoms with Crippen molar-refractivity contribution < 1.29 is 17.9 Å². The summed E-state index contributed by atoms with van der Waals surface area (Å²) in [5.74, 6) is 1.68. The van der Waals surface area contributed by atoms with Crippen LogP contribution < -0.4 is 15.0 Å². The van der Waals surface area contributed by atoms with Crippen LogP contribution >= 0.6 is 24.0 Å². The molecule has 11 heteroatoms. The Balaban J connectivity index is 0.00000320. The SMILES string of the molecule is CN=C(NCc1ccc(OCC(F)(F)F)nc1)N1CCN(c2ccccn2)CC1.I. The van der Waals surface area contributed by atoms with Crippen LogP contribution in [-0.4, -0.2) is 66.8 Å². The Morgan fingerprint density at radius 3 is 2.47 bits per heavy atom. The van der Waals surface area contributed by atoms with Crippen molar-refractivity contribution >= 4 is 35.8 Å². The molecule has 7 nitrogen and oxygen atoms in total. The number of nitrogens with zero attached hydrogens (tertiary/aromatic N) is 5. The first-order valence-electron chi connectivity index (χ1n) is 9.20. The Hall–Kier alpha value is -2.31. The van der Waals surface area contributed by atoms with Crippen LogP contribution in [0.4, 0.5) is 19.0 Å². The normalized spacial score (nSPS) is 14.9. The molecular formula is C19H24F3IN6O. The van der Waals surface area contributed by atoms with Gasteiger partial charge in [-0.05, 0) is 17.7 Å². The number of pyridine rings is 2. The number of anilines is 1. The molecule has 1 aliphatic heterocycles. The van der Waals surface area contributed by atoms with E-state index in [1.807, 2.05) is 18.2 Å². The molecule has 0 atom stereocenters. The average Bonchev–Trinajstić information content (AvgIpc) is 2.74. The third-order valence-electron chi connectivity index (χ3n) is 4.40. The quantitative estimate of drug-likeness (QED) is 0.361. The van der Waals surface area contributed by atoms with E-state index >= 15 is 0 Å². The van der Waals surface area contributed by atoms with E-state index in [1.54, 1.807) is 19.3 Å². The van der Waals surface area contributed by atoms with Gasteiger partial charge in [0.1, 0.15) is 5.82 Å². The monoisotopic (exact) mass is 536 g/mol. The van der Waals surface area contributed by atoms with Crippen molar-refractivity contribution in [2.75, 3.05) is 44.7 Å². The Labute approximate surface area is 190 Å². The third-order valence-corrected chi connectivity index (χ3v) is 4.40. The first-order chi connectivity index (χ1) is 13.9. The zero-order chi connectivity index (χ0) is 20.7. The lowest BCUT2D eigenvalue weighted by atomic mass is 10.3. The molecule has 30 heavy (non-hydrogen) atoms.